The third-order valence-electron chi connectivity index (χ3n) is 3.43. The molecule has 0 aliphatic carbocycles. The highest BCUT2D eigenvalue weighted by atomic mass is 16.6. The molecule has 0 aliphatic rings. The zero-order chi connectivity index (χ0) is 18.1. The van der Waals surface area contributed by atoms with Gasteiger partial charge in [-0.3, -0.25) is 14.9 Å². The molecule has 0 saturated carbocycles. The van der Waals surface area contributed by atoms with E-state index in [2.05, 4.69) is 12.2 Å². The molecule has 1 amide bonds. The van der Waals surface area contributed by atoms with E-state index in [1.54, 1.807) is 6.08 Å². The number of ether oxygens (including phenoxy) is 1. The van der Waals surface area contributed by atoms with Gasteiger partial charge in [0.05, 0.1) is 11.5 Å². The normalized spacial score (nSPS) is 10.6. The average molecular weight is 340 g/mol. The van der Waals surface area contributed by atoms with Gasteiger partial charge in [-0.2, -0.15) is 0 Å². The quantitative estimate of drug-likeness (QED) is 0.334. The number of non-ortho nitro benzene ring substituents is 1. The van der Waals surface area contributed by atoms with Gasteiger partial charge in [-0.05, 0) is 30.7 Å². The lowest BCUT2D eigenvalue weighted by atomic mass is 10.2. The van der Waals surface area contributed by atoms with Crippen LogP contribution in [0.1, 0.15) is 25.3 Å². The molecule has 25 heavy (non-hydrogen) atoms. The molecule has 6 nitrogen and oxygen atoms in total. The van der Waals surface area contributed by atoms with Crippen LogP contribution in [0.5, 0.6) is 5.75 Å². The number of nitro groups is 1. The fourth-order valence-corrected chi connectivity index (χ4v) is 2.09. The van der Waals surface area contributed by atoms with Gasteiger partial charge in [0.25, 0.3) is 5.69 Å². The van der Waals surface area contributed by atoms with Crippen molar-refractivity contribution in [3.8, 4) is 5.75 Å². The van der Waals surface area contributed by atoms with Crippen molar-refractivity contribution < 1.29 is 14.5 Å². The van der Waals surface area contributed by atoms with Crippen molar-refractivity contribution in [3.05, 3.63) is 70.3 Å². The van der Waals surface area contributed by atoms with Crippen LogP contribution in [0.25, 0.3) is 6.08 Å². The number of amides is 1. The maximum absolute atomic E-state index is 12.0. The Hall–Kier alpha value is -3.15. The zero-order valence-corrected chi connectivity index (χ0v) is 14.0. The predicted molar refractivity (Wildman–Crippen MR) is 97.6 cm³/mol. The molecule has 0 atom stereocenters. The van der Waals surface area contributed by atoms with Crippen molar-refractivity contribution in [2.24, 2.45) is 0 Å². The van der Waals surface area contributed by atoms with Gasteiger partial charge in [0.1, 0.15) is 5.75 Å². The zero-order valence-electron chi connectivity index (χ0n) is 14.0. The molecule has 0 bridgehead atoms. The summed E-state index contributed by atoms with van der Waals surface area (Å²) in [4.78, 5) is 22.1. The van der Waals surface area contributed by atoms with E-state index in [0.29, 0.717) is 12.3 Å². The largest absolute Gasteiger partial charge is 0.493 e. The first kappa shape index (κ1) is 18.2. The molecule has 0 unspecified atom stereocenters. The molecule has 6 heteroatoms. The fourth-order valence-electron chi connectivity index (χ4n) is 2.09. The van der Waals surface area contributed by atoms with Crippen molar-refractivity contribution in [3.63, 3.8) is 0 Å². The number of anilines is 1. The third-order valence-corrected chi connectivity index (χ3v) is 3.43. The number of nitro benzene ring substituents is 1. The molecular weight excluding hydrogens is 320 g/mol. The first-order valence-electron chi connectivity index (χ1n) is 8.05. The van der Waals surface area contributed by atoms with Crippen molar-refractivity contribution in [2.45, 2.75) is 19.8 Å². The van der Waals surface area contributed by atoms with Crippen LogP contribution in [0, 0.1) is 10.1 Å². The third kappa shape index (κ3) is 5.76. The summed E-state index contributed by atoms with van der Waals surface area (Å²) in [5, 5.41) is 13.3. The van der Waals surface area contributed by atoms with Gasteiger partial charge in [-0.1, -0.05) is 31.5 Å². The second kappa shape index (κ2) is 9.22. The van der Waals surface area contributed by atoms with Crippen molar-refractivity contribution in [1.29, 1.82) is 0 Å². The minimum absolute atomic E-state index is 0.0216. The topological polar surface area (TPSA) is 81.5 Å². The Bertz CT molecular complexity index is 754. The Morgan fingerprint density at radius 3 is 2.60 bits per heavy atom. The van der Waals surface area contributed by atoms with Crippen molar-refractivity contribution >= 4 is 23.4 Å². The van der Waals surface area contributed by atoms with Crippen molar-refractivity contribution in [2.75, 3.05) is 11.9 Å². The monoisotopic (exact) mass is 340 g/mol. The molecule has 0 fully saturated rings. The molecule has 2 aromatic carbocycles. The van der Waals surface area contributed by atoms with Crippen LogP contribution in [-0.4, -0.2) is 17.4 Å². The van der Waals surface area contributed by atoms with Gasteiger partial charge in [-0.15, -0.1) is 0 Å². The number of nitrogens with one attached hydrogen (secondary N) is 1. The summed E-state index contributed by atoms with van der Waals surface area (Å²) in [5.74, 6) is 0.410. The average Bonchev–Trinajstić information content (AvgIpc) is 2.61. The minimum Gasteiger partial charge on any atom is -0.493 e. The Labute approximate surface area is 146 Å². The van der Waals surface area contributed by atoms with Crippen LogP contribution in [0.4, 0.5) is 11.4 Å². The molecule has 0 radical (unpaired) electrons. The molecule has 130 valence electrons. The Balaban J connectivity index is 1.99. The van der Waals surface area contributed by atoms with Crippen LogP contribution in [0.2, 0.25) is 0 Å². The molecular formula is C19H20N2O4. The second-order valence-electron chi connectivity index (χ2n) is 5.37. The number of benzene rings is 2. The molecule has 0 heterocycles. The molecule has 0 aliphatic heterocycles. The first-order valence-corrected chi connectivity index (χ1v) is 8.05. The van der Waals surface area contributed by atoms with E-state index in [-0.39, 0.29) is 11.6 Å². The Morgan fingerprint density at radius 2 is 1.92 bits per heavy atom. The lowest BCUT2D eigenvalue weighted by molar-refractivity contribution is -0.384. The van der Waals surface area contributed by atoms with E-state index >= 15 is 0 Å². The van der Waals surface area contributed by atoms with Crippen LogP contribution in [0.15, 0.2) is 54.6 Å². The van der Waals surface area contributed by atoms with Gasteiger partial charge < -0.3 is 10.1 Å². The smallest absolute Gasteiger partial charge is 0.269 e. The highest BCUT2D eigenvalue weighted by molar-refractivity contribution is 6.02. The van der Waals surface area contributed by atoms with E-state index in [4.69, 9.17) is 4.74 Å². The standard InChI is InChI=1S/C19H20N2O4/c1-2-3-14-25-18-7-5-4-6-15(18)8-13-19(22)20-16-9-11-17(12-10-16)21(23)24/h4-13H,2-3,14H2,1H3,(H,20,22)/b13-8+. The number of hydrogen-bond donors (Lipinski definition) is 1. The van der Waals surface area contributed by atoms with E-state index in [1.807, 2.05) is 24.3 Å². The Kier molecular flexibility index (Phi) is 6.71. The highest BCUT2D eigenvalue weighted by Gasteiger charge is 2.05. The van der Waals surface area contributed by atoms with Gasteiger partial charge in [-0.25, -0.2) is 0 Å². The van der Waals surface area contributed by atoms with Crippen LogP contribution in [0.3, 0.4) is 0 Å². The number of unbranched alkanes of at least 4 members (excludes halogenated alkanes) is 1. The number of carbonyl (C=O) groups excluding carboxylic acids is 1. The van der Waals surface area contributed by atoms with Crippen LogP contribution >= 0.6 is 0 Å². The van der Waals surface area contributed by atoms with Crippen LogP contribution < -0.4 is 10.1 Å². The van der Waals surface area contributed by atoms with E-state index < -0.39 is 4.92 Å². The number of hydrogen-bond acceptors (Lipinski definition) is 4. The summed E-state index contributed by atoms with van der Waals surface area (Å²) >= 11 is 0. The SMILES string of the molecule is CCCCOc1ccccc1/C=C/C(=O)Nc1ccc([N+](=O)[O-])cc1. The van der Waals surface area contributed by atoms with Gasteiger partial charge in [0.15, 0.2) is 0 Å². The Morgan fingerprint density at radius 1 is 1.20 bits per heavy atom. The fraction of sp³-hybridized carbons (Fsp3) is 0.211. The van der Waals surface area contributed by atoms with E-state index in [9.17, 15) is 14.9 Å². The second-order valence-corrected chi connectivity index (χ2v) is 5.37. The molecule has 0 spiro atoms. The summed E-state index contributed by atoms with van der Waals surface area (Å²) in [6.07, 6.45) is 5.11. The maximum Gasteiger partial charge on any atom is 0.269 e. The van der Waals surface area contributed by atoms with Gasteiger partial charge >= 0.3 is 0 Å². The van der Waals surface area contributed by atoms with E-state index in [0.717, 1.165) is 24.2 Å². The highest BCUT2D eigenvalue weighted by Crippen LogP contribution is 2.20. The predicted octanol–water partition coefficient (Wildman–Crippen LogP) is 4.43. The summed E-state index contributed by atoms with van der Waals surface area (Å²) < 4.78 is 5.72. The summed E-state index contributed by atoms with van der Waals surface area (Å²) in [7, 11) is 0. The summed E-state index contributed by atoms with van der Waals surface area (Å²) in [6.45, 7) is 2.73. The number of nitrogens with zero attached hydrogens (tertiary/aromatic N) is 1. The maximum atomic E-state index is 12.0. The number of carbonyl (C=O) groups is 1. The summed E-state index contributed by atoms with van der Waals surface area (Å²) in [6, 6.07) is 13.2. The molecule has 2 aromatic rings. The van der Waals surface area contributed by atoms with Gasteiger partial charge in [0.2, 0.25) is 5.91 Å². The summed E-state index contributed by atoms with van der Waals surface area (Å²) in [5.41, 5.74) is 1.29. The number of rotatable bonds is 8. The lowest BCUT2D eigenvalue weighted by Gasteiger charge is -2.08. The molecule has 1 N–H and O–H groups in total. The van der Waals surface area contributed by atoms with Gasteiger partial charge in [0, 0.05) is 29.5 Å². The molecule has 0 aromatic heterocycles. The van der Waals surface area contributed by atoms with Crippen molar-refractivity contribution in [1.82, 2.24) is 0 Å². The minimum atomic E-state index is -0.485. The van der Waals surface area contributed by atoms with Crippen LogP contribution in [-0.2, 0) is 4.79 Å². The first-order chi connectivity index (χ1) is 12.1. The lowest BCUT2D eigenvalue weighted by Crippen LogP contribution is -2.07. The molecule has 2 rings (SSSR count). The van der Waals surface area contributed by atoms with E-state index in [1.165, 1.54) is 30.3 Å². The number of para-hydroxylation sites is 1. The molecule has 0 saturated heterocycles.